The van der Waals surface area contributed by atoms with E-state index in [0.717, 1.165) is 25.5 Å². The van der Waals surface area contributed by atoms with Gasteiger partial charge in [-0.2, -0.15) is 5.10 Å². The summed E-state index contributed by atoms with van der Waals surface area (Å²) in [6.45, 7) is 7.09. The highest BCUT2D eigenvalue weighted by Crippen LogP contribution is 2.24. The molecular weight excluding hydrogens is 248 g/mol. The Morgan fingerprint density at radius 2 is 2.00 bits per heavy atom. The van der Waals surface area contributed by atoms with Gasteiger partial charge in [-0.3, -0.25) is 0 Å². The fraction of sp³-hybridized carbons (Fsp3) is 0.375. The third kappa shape index (κ3) is 2.51. The first-order chi connectivity index (χ1) is 9.75. The summed E-state index contributed by atoms with van der Waals surface area (Å²) in [7, 11) is 0. The lowest BCUT2D eigenvalue weighted by molar-refractivity contribution is 0.468. The lowest BCUT2D eigenvalue weighted by atomic mass is 10.0. The average molecular weight is 268 g/mol. The van der Waals surface area contributed by atoms with Gasteiger partial charge in [0.15, 0.2) is 5.82 Å². The summed E-state index contributed by atoms with van der Waals surface area (Å²) in [5.41, 5.74) is 3.76. The molecule has 20 heavy (non-hydrogen) atoms. The molecule has 0 spiro atoms. The Morgan fingerprint density at radius 1 is 1.20 bits per heavy atom. The van der Waals surface area contributed by atoms with Crippen molar-refractivity contribution in [2.75, 3.05) is 24.5 Å². The van der Waals surface area contributed by atoms with Crippen LogP contribution in [0.3, 0.4) is 0 Å². The van der Waals surface area contributed by atoms with Gasteiger partial charge >= 0.3 is 0 Å². The lowest BCUT2D eigenvalue weighted by Crippen LogP contribution is -2.46. The van der Waals surface area contributed by atoms with E-state index in [1.807, 2.05) is 6.20 Å². The summed E-state index contributed by atoms with van der Waals surface area (Å²) in [6, 6.07) is 10.9. The van der Waals surface area contributed by atoms with E-state index >= 15 is 0 Å². The zero-order valence-corrected chi connectivity index (χ0v) is 12.0. The number of hydrogen-bond acceptors (Lipinski definition) is 4. The fourth-order valence-electron chi connectivity index (χ4n) is 2.67. The number of aromatic nitrogens is 2. The van der Waals surface area contributed by atoms with E-state index < -0.39 is 0 Å². The molecule has 0 bridgehead atoms. The van der Waals surface area contributed by atoms with Gasteiger partial charge in [-0.05, 0) is 30.5 Å². The van der Waals surface area contributed by atoms with Crippen molar-refractivity contribution in [3.8, 4) is 0 Å². The number of piperazine rings is 1. The Kier molecular flexibility index (Phi) is 3.65. The monoisotopic (exact) mass is 268 g/mol. The molecule has 4 heteroatoms. The van der Waals surface area contributed by atoms with Gasteiger partial charge in [0, 0.05) is 25.7 Å². The molecule has 1 N–H and O–H groups in total. The van der Waals surface area contributed by atoms with Crippen molar-refractivity contribution in [2.24, 2.45) is 0 Å². The number of hydrogen-bond donors (Lipinski definition) is 1. The Morgan fingerprint density at radius 3 is 2.80 bits per heavy atom. The molecule has 3 rings (SSSR count). The van der Waals surface area contributed by atoms with Gasteiger partial charge in [0.25, 0.3) is 0 Å². The molecule has 0 aliphatic carbocycles. The van der Waals surface area contributed by atoms with Gasteiger partial charge in [-0.25, -0.2) is 0 Å². The third-order valence-electron chi connectivity index (χ3n) is 4.01. The summed E-state index contributed by atoms with van der Waals surface area (Å²) in [5, 5.41) is 12.0. The molecule has 104 valence electrons. The Hall–Kier alpha value is -1.94. The molecule has 1 aromatic heterocycles. The van der Waals surface area contributed by atoms with Gasteiger partial charge in [-0.1, -0.05) is 30.3 Å². The molecule has 1 saturated heterocycles. The van der Waals surface area contributed by atoms with E-state index in [1.165, 1.54) is 16.7 Å². The normalized spacial score (nSPS) is 19.1. The van der Waals surface area contributed by atoms with Gasteiger partial charge in [0.2, 0.25) is 0 Å². The third-order valence-corrected chi connectivity index (χ3v) is 4.01. The Balaban J connectivity index is 1.83. The van der Waals surface area contributed by atoms with E-state index in [-0.39, 0.29) is 0 Å². The summed E-state index contributed by atoms with van der Waals surface area (Å²) in [4.78, 5) is 2.34. The van der Waals surface area contributed by atoms with Crippen LogP contribution in [0.15, 0.2) is 36.5 Å². The quantitative estimate of drug-likeness (QED) is 0.907. The fourth-order valence-corrected chi connectivity index (χ4v) is 2.67. The smallest absolute Gasteiger partial charge is 0.154 e. The molecule has 1 aromatic carbocycles. The van der Waals surface area contributed by atoms with E-state index in [2.05, 4.69) is 64.6 Å². The van der Waals surface area contributed by atoms with Crippen molar-refractivity contribution >= 4 is 5.82 Å². The maximum absolute atomic E-state index is 4.34. The number of rotatable bonds is 2. The molecule has 1 aliphatic heterocycles. The SMILES string of the molecule is Cc1cnnc(N2CCNC(c3ccccc3)C2)c1C. The van der Waals surface area contributed by atoms with Crippen LogP contribution >= 0.6 is 0 Å². The van der Waals surface area contributed by atoms with Crippen LogP contribution in [0.25, 0.3) is 0 Å². The van der Waals surface area contributed by atoms with E-state index in [0.29, 0.717) is 6.04 Å². The van der Waals surface area contributed by atoms with Crippen LogP contribution in [0.5, 0.6) is 0 Å². The van der Waals surface area contributed by atoms with Crippen molar-refractivity contribution < 1.29 is 0 Å². The zero-order valence-electron chi connectivity index (χ0n) is 12.0. The zero-order chi connectivity index (χ0) is 13.9. The number of nitrogens with zero attached hydrogens (tertiary/aromatic N) is 3. The second-order valence-electron chi connectivity index (χ2n) is 5.34. The van der Waals surface area contributed by atoms with E-state index in [4.69, 9.17) is 0 Å². The van der Waals surface area contributed by atoms with Gasteiger partial charge in [-0.15, -0.1) is 5.10 Å². The number of anilines is 1. The van der Waals surface area contributed by atoms with Crippen LogP contribution in [0, 0.1) is 13.8 Å². The van der Waals surface area contributed by atoms with Gasteiger partial charge in [0.05, 0.1) is 6.20 Å². The maximum Gasteiger partial charge on any atom is 0.154 e. The van der Waals surface area contributed by atoms with Crippen LogP contribution in [0.4, 0.5) is 5.82 Å². The van der Waals surface area contributed by atoms with Gasteiger partial charge < -0.3 is 10.2 Å². The highest BCUT2D eigenvalue weighted by molar-refractivity contribution is 5.49. The average Bonchev–Trinajstić information content (AvgIpc) is 2.51. The number of nitrogens with one attached hydrogen (secondary N) is 1. The van der Waals surface area contributed by atoms with Crippen LogP contribution in [0.2, 0.25) is 0 Å². The predicted molar refractivity (Wildman–Crippen MR) is 80.9 cm³/mol. The predicted octanol–water partition coefficient (Wildman–Crippen LogP) is 2.24. The van der Waals surface area contributed by atoms with Crippen LogP contribution in [0.1, 0.15) is 22.7 Å². The minimum absolute atomic E-state index is 0.353. The topological polar surface area (TPSA) is 41.1 Å². The van der Waals surface area contributed by atoms with Crippen molar-refractivity contribution in [1.82, 2.24) is 15.5 Å². The largest absolute Gasteiger partial charge is 0.352 e. The van der Waals surface area contributed by atoms with E-state index in [9.17, 15) is 0 Å². The van der Waals surface area contributed by atoms with Crippen molar-refractivity contribution in [1.29, 1.82) is 0 Å². The molecule has 0 radical (unpaired) electrons. The first kappa shape index (κ1) is 13.1. The second-order valence-corrected chi connectivity index (χ2v) is 5.34. The molecule has 1 atom stereocenters. The first-order valence-electron chi connectivity index (χ1n) is 7.08. The van der Waals surface area contributed by atoms with Crippen LogP contribution in [-0.4, -0.2) is 29.8 Å². The number of aryl methyl sites for hydroxylation is 1. The number of benzene rings is 1. The summed E-state index contributed by atoms with van der Waals surface area (Å²) in [5.74, 6) is 1.02. The molecule has 0 amide bonds. The highest BCUT2D eigenvalue weighted by atomic mass is 15.3. The molecule has 4 nitrogen and oxygen atoms in total. The molecule has 1 fully saturated rings. The van der Waals surface area contributed by atoms with Crippen molar-refractivity contribution in [2.45, 2.75) is 19.9 Å². The maximum atomic E-state index is 4.34. The summed E-state index contributed by atoms with van der Waals surface area (Å²) < 4.78 is 0. The Labute approximate surface area is 119 Å². The van der Waals surface area contributed by atoms with Crippen LogP contribution in [-0.2, 0) is 0 Å². The van der Waals surface area contributed by atoms with Gasteiger partial charge in [0.1, 0.15) is 0 Å². The molecule has 1 aliphatic rings. The molecule has 2 heterocycles. The first-order valence-corrected chi connectivity index (χ1v) is 7.08. The molecule has 2 aromatic rings. The minimum Gasteiger partial charge on any atom is -0.352 e. The molecular formula is C16H20N4. The minimum atomic E-state index is 0.353. The molecule has 0 saturated carbocycles. The second kappa shape index (κ2) is 5.59. The highest BCUT2D eigenvalue weighted by Gasteiger charge is 2.23. The molecule has 1 unspecified atom stereocenters. The lowest BCUT2D eigenvalue weighted by Gasteiger charge is -2.35. The standard InChI is InChI=1S/C16H20N4/c1-12-10-18-19-16(13(12)2)20-9-8-17-15(11-20)14-6-4-3-5-7-14/h3-7,10,15,17H,8-9,11H2,1-2H3. The Bertz CT molecular complexity index is 582. The van der Waals surface area contributed by atoms with Crippen molar-refractivity contribution in [3.63, 3.8) is 0 Å². The van der Waals surface area contributed by atoms with E-state index in [1.54, 1.807) is 0 Å². The summed E-state index contributed by atoms with van der Waals surface area (Å²) >= 11 is 0. The summed E-state index contributed by atoms with van der Waals surface area (Å²) in [6.07, 6.45) is 1.83. The van der Waals surface area contributed by atoms with Crippen LogP contribution < -0.4 is 10.2 Å². The van der Waals surface area contributed by atoms with Crippen molar-refractivity contribution in [3.05, 3.63) is 53.2 Å².